The minimum atomic E-state index is -4.70. The van der Waals surface area contributed by atoms with Gasteiger partial charge < -0.3 is 10.2 Å². The molecule has 0 fully saturated rings. The van der Waals surface area contributed by atoms with Crippen LogP contribution in [-0.2, 0) is 12.1 Å². The highest BCUT2D eigenvalue weighted by Crippen LogP contribution is 2.31. The third-order valence-electron chi connectivity index (χ3n) is 1.69. The summed E-state index contributed by atoms with van der Waals surface area (Å²) in [5, 5.41) is 17.6. The van der Waals surface area contributed by atoms with E-state index in [0.29, 0.717) is 12.1 Å². The maximum atomic E-state index is 12.9. The van der Waals surface area contributed by atoms with Gasteiger partial charge in [-0.15, -0.1) is 0 Å². The van der Waals surface area contributed by atoms with E-state index in [1.165, 1.54) is 0 Å². The molecule has 0 heterocycles. The largest absolute Gasteiger partial charge is 0.416 e. The summed E-state index contributed by atoms with van der Waals surface area (Å²) < 4.78 is 49.4. The lowest BCUT2D eigenvalue weighted by molar-refractivity contribution is -0.166. The fourth-order valence-corrected chi connectivity index (χ4v) is 0.984. The number of alkyl halides is 3. The van der Waals surface area contributed by atoms with E-state index in [-0.39, 0.29) is 6.07 Å². The first kappa shape index (κ1) is 11.9. The quantitative estimate of drug-likeness (QED) is 0.491. The Balaban J connectivity index is 3.30. The molecule has 0 saturated carbocycles. The second-order valence-corrected chi connectivity index (χ2v) is 2.92. The van der Waals surface area contributed by atoms with Crippen molar-refractivity contribution in [1.29, 1.82) is 0 Å². The molecule has 0 saturated heterocycles. The van der Waals surface area contributed by atoms with Crippen molar-refractivity contribution in [2.45, 2.75) is 12.1 Å². The van der Waals surface area contributed by atoms with Gasteiger partial charge in [0.05, 0.1) is 11.1 Å². The predicted octanol–water partition coefficient (Wildman–Crippen LogP) is 0.898. The fourth-order valence-electron chi connectivity index (χ4n) is 0.984. The van der Waals surface area contributed by atoms with Crippen molar-refractivity contribution in [3.63, 3.8) is 0 Å². The standard InChI is InChI=1S/C8H7F4NO2/c9-6-2-1-4(7(10,11)12)3-5(6)8(13,14)15/h1-3,14-15H,13H2. The number of halogens is 4. The van der Waals surface area contributed by atoms with Crippen LogP contribution >= 0.6 is 0 Å². The average molecular weight is 225 g/mol. The molecule has 0 amide bonds. The van der Waals surface area contributed by atoms with Crippen LogP contribution in [0.25, 0.3) is 0 Å². The summed E-state index contributed by atoms with van der Waals surface area (Å²) in [5.74, 6) is -4.36. The number of benzene rings is 1. The number of hydrogen-bond donors (Lipinski definition) is 3. The summed E-state index contributed by atoms with van der Waals surface area (Å²) in [7, 11) is 0. The first-order chi connectivity index (χ1) is 6.62. The molecule has 0 unspecified atom stereocenters. The van der Waals surface area contributed by atoms with Crippen LogP contribution in [0.3, 0.4) is 0 Å². The Kier molecular flexibility index (Phi) is 2.73. The Morgan fingerprint density at radius 3 is 2.07 bits per heavy atom. The molecule has 0 aliphatic carbocycles. The molecular weight excluding hydrogens is 218 g/mol. The van der Waals surface area contributed by atoms with Crippen LogP contribution in [0.4, 0.5) is 17.6 Å². The highest BCUT2D eigenvalue weighted by Gasteiger charge is 2.34. The van der Waals surface area contributed by atoms with Crippen molar-refractivity contribution in [2.75, 3.05) is 0 Å². The molecule has 0 aliphatic heterocycles. The van der Waals surface area contributed by atoms with Crippen molar-refractivity contribution < 1.29 is 27.8 Å². The number of hydrogen-bond acceptors (Lipinski definition) is 3. The van der Waals surface area contributed by atoms with Crippen LogP contribution in [0.5, 0.6) is 0 Å². The fraction of sp³-hybridized carbons (Fsp3) is 0.250. The lowest BCUT2D eigenvalue weighted by atomic mass is 10.1. The minimum Gasteiger partial charge on any atom is -0.350 e. The molecule has 84 valence electrons. The molecule has 0 atom stereocenters. The molecule has 15 heavy (non-hydrogen) atoms. The molecule has 0 bridgehead atoms. The van der Waals surface area contributed by atoms with Gasteiger partial charge in [0.25, 0.3) is 5.91 Å². The Morgan fingerprint density at radius 1 is 1.13 bits per heavy atom. The summed E-state index contributed by atoms with van der Waals surface area (Å²) in [6, 6.07) is 1.19. The van der Waals surface area contributed by atoms with Crippen molar-refractivity contribution in [3.05, 3.63) is 35.1 Å². The van der Waals surface area contributed by atoms with Gasteiger partial charge >= 0.3 is 6.18 Å². The molecule has 0 radical (unpaired) electrons. The van der Waals surface area contributed by atoms with E-state index in [4.69, 9.17) is 10.2 Å². The van der Waals surface area contributed by atoms with E-state index in [1.807, 2.05) is 0 Å². The third kappa shape index (κ3) is 2.65. The van der Waals surface area contributed by atoms with Crippen molar-refractivity contribution in [2.24, 2.45) is 5.73 Å². The Morgan fingerprint density at radius 2 is 1.67 bits per heavy atom. The van der Waals surface area contributed by atoms with Gasteiger partial charge in [-0.1, -0.05) is 0 Å². The van der Waals surface area contributed by atoms with Crippen LogP contribution in [0.2, 0.25) is 0 Å². The van der Waals surface area contributed by atoms with Gasteiger partial charge in [-0.25, -0.2) is 4.39 Å². The Hall–Kier alpha value is -1.18. The second kappa shape index (κ2) is 3.44. The first-order valence-corrected chi connectivity index (χ1v) is 3.73. The van der Waals surface area contributed by atoms with Crippen LogP contribution in [0.1, 0.15) is 11.1 Å². The maximum absolute atomic E-state index is 12.9. The van der Waals surface area contributed by atoms with E-state index >= 15 is 0 Å². The van der Waals surface area contributed by atoms with E-state index in [1.54, 1.807) is 0 Å². The molecule has 0 spiro atoms. The predicted molar refractivity (Wildman–Crippen MR) is 41.7 cm³/mol. The number of nitrogens with two attached hydrogens (primary N) is 1. The van der Waals surface area contributed by atoms with Gasteiger partial charge in [0.1, 0.15) is 5.82 Å². The summed E-state index contributed by atoms with van der Waals surface area (Å²) in [6.07, 6.45) is -4.70. The molecule has 4 N–H and O–H groups in total. The summed E-state index contributed by atoms with van der Waals surface area (Å²) in [5.41, 5.74) is 2.43. The van der Waals surface area contributed by atoms with Crippen molar-refractivity contribution in [3.8, 4) is 0 Å². The molecular formula is C8H7F4NO2. The Bertz CT molecular complexity index is 370. The van der Waals surface area contributed by atoms with Crippen molar-refractivity contribution in [1.82, 2.24) is 0 Å². The summed E-state index contributed by atoms with van der Waals surface area (Å²) in [4.78, 5) is 0. The molecule has 0 aromatic heterocycles. The van der Waals surface area contributed by atoms with Crippen LogP contribution in [-0.4, -0.2) is 10.2 Å². The minimum absolute atomic E-state index is 0.245. The van der Waals surface area contributed by atoms with E-state index in [2.05, 4.69) is 5.73 Å². The smallest absolute Gasteiger partial charge is 0.350 e. The van der Waals surface area contributed by atoms with Gasteiger partial charge in [-0.05, 0) is 18.2 Å². The van der Waals surface area contributed by atoms with E-state index < -0.39 is 29.0 Å². The summed E-state index contributed by atoms with van der Waals surface area (Å²) >= 11 is 0. The zero-order chi connectivity index (χ0) is 11.9. The molecule has 3 nitrogen and oxygen atoms in total. The van der Waals surface area contributed by atoms with E-state index in [9.17, 15) is 17.6 Å². The van der Waals surface area contributed by atoms with Crippen LogP contribution < -0.4 is 5.73 Å². The summed E-state index contributed by atoms with van der Waals surface area (Å²) in [6.45, 7) is 0. The zero-order valence-corrected chi connectivity index (χ0v) is 7.22. The highest BCUT2D eigenvalue weighted by molar-refractivity contribution is 5.29. The third-order valence-corrected chi connectivity index (χ3v) is 1.69. The van der Waals surface area contributed by atoms with Crippen molar-refractivity contribution >= 4 is 0 Å². The molecule has 1 aromatic rings. The van der Waals surface area contributed by atoms with E-state index in [0.717, 1.165) is 0 Å². The number of aliphatic hydroxyl groups is 2. The lowest BCUT2D eigenvalue weighted by Crippen LogP contribution is -2.37. The SMILES string of the molecule is NC(O)(O)c1cc(C(F)(F)F)ccc1F. The van der Waals surface area contributed by atoms with Crippen LogP contribution in [0, 0.1) is 5.82 Å². The van der Waals surface area contributed by atoms with Gasteiger partial charge in [0.15, 0.2) is 0 Å². The molecule has 1 aromatic carbocycles. The van der Waals surface area contributed by atoms with Gasteiger partial charge in [-0.3, -0.25) is 5.73 Å². The number of rotatable bonds is 1. The molecule has 7 heteroatoms. The monoisotopic (exact) mass is 225 g/mol. The highest BCUT2D eigenvalue weighted by atomic mass is 19.4. The van der Waals surface area contributed by atoms with Gasteiger partial charge in [-0.2, -0.15) is 13.2 Å². The molecule has 1 rings (SSSR count). The maximum Gasteiger partial charge on any atom is 0.416 e. The lowest BCUT2D eigenvalue weighted by Gasteiger charge is -2.18. The molecule has 0 aliphatic rings. The normalized spacial score (nSPS) is 13.0. The van der Waals surface area contributed by atoms with Crippen LogP contribution in [0.15, 0.2) is 18.2 Å². The first-order valence-electron chi connectivity index (χ1n) is 3.73. The average Bonchev–Trinajstić information content (AvgIpc) is 2.00. The van der Waals surface area contributed by atoms with Gasteiger partial charge in [0, 0.05) is 0 Å². The van der Waals surface area contributed by atoms with Gasteiger partial charge in [0.2, 0.25) is 0 Å². The topological polar surface area (TPSA) is 66.5 Å². The zero-order valence-electron chi connectivity index (χ0n) is 7.22. The Labute approximate surface area is 81.8 Å². The second-order valence-electron chi connectivity index (χ2n) is 2.92.